The monoisotopic (exact) mass is 640 g/mol. The largest absolute Gasteiger partial charge is 0.326 e. The maximum Gasteiger partial charge on any atom is 0.282 e. The second kappa shape index (κ2) is 12.6. The summed E-state index contributed by atoms with van der Waals surface area (Å²) in [4.78, 5) is 41.2. The first kappa shape index (κ1) is 31.4. The van der Waals surface area contributed by atoms with Crippen LogP contribution in [0.1, 0.15) is 76.4 Å². The molecule has 0 bridgehead atoms. The smallest absolute Gasteiger partial charge is 0.282 e. The molecule has 2 aliphatic carbocycles. The number of benzene rings is 2. The number of likely N-dealkylation sites (tertiary alicyclic amines) is 1. The van der Waals surface area contributed by atoms with Crippen molar-refractivity contribution < 1.29 is 26.9 Å². The first-order valence-corrected chi connectivity index (χ1v) is 15.9. The number of anilines is 1. The molecular formula is C33H35F3N4O4S. The Morgan fingerprint density at radius 2 is 1.82 bits per heavy atom. The van der Waals surface area contributed by atoms with Gasteiger partial charge in [0.2, 0.25) is 0 Å². The van der Waals surface area contributed by atoms with Crippen LogP contribution in [-0.2, 0) is 10.7 Å². The van der Waals surface area contributed by atoms with Crippen molar-refractivity contribution in [1.82, 2.24) is 14.8 Å². The van der Waals surface area contributed by atoms with Crippen LogP contribution in [-0.4, -0.2) is 59.2 Å². The third kappa shape index (κ3) is 7.29. The van der Waals surface area contributed by atoms with Crippen molar-refractivity contribution in [2.45, 2.75) is 62.3 Å². The van der Waals surface area contributed by atoms with Crippen molar-refractivity contribution in [2.24, 2.45) is 0 Å². The lowest BCUT2D eigenvalue weighted by molar-refractivity contribution is -0.113. The van der Waals surface area contributed by atoms with E-state index in [1.165, 1.54) is 24.2 Å². The molecule has 1 aromatic heterocycles. The maximum absolute atomic E-state index is 14.3. The number of pyridine rings is 1. The zero-order chi connectivity index (χ0) is 31.9. The zero-order valence-corrected chi connectivity index (χ0v) is 25.9. The third-order valence-electron chi connectivity index (χ3n) is 8.22. The molecule has 8 nitrogen and oxygen atoms in total. The van der Waals surface area contributed by atoms with Gasteiger partial charge in [-0.3, -0.25) is 14.4 Å². The average molecular weight is 641 g/mol. The van der Waals surface area contributed by atoms with Crippen LogP contribution in [0.4, 0.5) is 18.9 Å². The Bertz CT molecular complexity index is 1680. The van der Waals surface area contributed by atoms with Crippen LogP contribution in [0, 0.1) is 5.82 Å². The molecule has 1 saturated heterocycles. The quantitative estimate of drug-likeness (QED) is 0.237. The van der Waals surface area contributed by atoms with Crippen molar-refractivity contribution in [3.05, 3.63) is 87.1 Å². The summed E-state index contributed by atoms with van der Waals surface area (Å²) in [5, 5.41) is 6.46. The fourth-order valence-corrected chi connectivity index (χ4v) is 6.18. The number of amides is 2. The van der Waals surface area contributed by atoms with Crippen LogP contribution in [0.3, 0.4) is 0 Å². The number of nitrogens with zero attached hydrogens (tertiary/aromatic N) is 2. The number of hydrogen-bond donors (Lipinski definition) is 2. The van der Waals surface area contributed by atoms with Gasteiger partial charge >= 0.3 is 0 Å². The minimum absolute atomic E-state index is 0.0234. The highest BCUT2D eigenvalue weighted by Crippen LogP contribution is 2.43. The molecule has 12 heteroatoms. The molecule has 2 saturated carbocycles. The summed E-state index contributed by atoms with van der Waals surface area (Å²) in [7, 11) is 1.62. The van der Waals surface area contributed by atoms with E-state index in [9.17, 15) is 27.6 Å². The summed E-state index contributed by atoms with van der Waals surface area (Å²) in [6, 6.07) is 10.8. The van der Waals surface area contributed by atoms with E-state index in [4.69, 9.17) is 4.18 Å². The van der Waals surface area contributed by atoms with Gasteiger partial charge in [-0.15, -0.1) is 0 Å². The Kier molecular flexibility index (Phi) is 8.82. The van der Waals surface area contributed by atoms with Gasteiger partial charge in [0.25, 0.3) is 23.3 Å². The standard InChI is InChI=1S/C33H35F3N4O4S/c1-19(45-44-2)14-37-15-20-9-29(32(43)40(16-20)26-6-7-26)30(41)38-25-11-22(21-3-4-21)10-23(12-25)27-8-5-24(34)13-28(27)31(42)39-17-33(35,36)18-39/h5,8-13,16,19,21,26,37H,3-4,6-7,14-15,17-18H2,1-2H3,(H,38,41)/t19-/m0/s1. The van der Waals surface area contributed by atoms with E-state index in [-0.39, 0.29) is 33.9 Å². The van der Waals surface area contributed by atoms with E-state index in [2.05, 4.69) is 10.6 Å². The van der Waals surface area contributed by atoms with Crippen LogP contribution >= 0.6 is 12.0 Å². The van der Waals surface area contributed by atoms with Crippen molar-refractivity contribution in [2.75, 3.05) is 32.1 Å². The molecule has 1 atom stereocenters. The van der Waals surface area contributed by atoms with Gasteiger partial charge in [-0.05, 0) is 103 Å². The SMILES string of the molecule is COS[C@@H](C)CNCc1cc(C(=O)Nc2cc(-c3ccc(F)cc3C(=O)N3CC(F)(F)C3)cc(C3CC3)c2)c(=O)n(C2CC2)c1. The summed E-state index contributed by atoms with van der Waals surface area (Å²) < 4.78 is 48.1. The van der Waals surface area contributed by atoms with E-state index in [1.54, 1.807) is 23.8 Å². The molecule has 2 heterocycles. The molecule has 0 unspecified atom stereocenters. The lowest BCUT2D eigenvalue weighted by atomic mass is 9.94. The van der Waals surface area contributed by atoms with Crippen LogP contribution in [0.2, 0.25) is 0 Å². The van der Waals surface area contributed by atoms with E-state index < -0.39 is 36.6 Å². The highest BCUT2D eigenvalue weighted by atomic mass is 32.2. The van der Waals surface area contributed by atoms with Gasteiger partial charge in [0, 0.05) is 36.3 Å². The molecular weight excluding hydrogens is 605 g/mol. The highest BCUT2D eigenvalue weighted by Gasteiger charge is 2.46. The molecule has 2 amide bonds. The maximum atomic E-state index is 14.3. The Hall–Kier alpha value is -3.61. The van der Waals surface area contributed by atoms with E-state index in [0.29, 0.717) is 29.9 Å². The number of carbonyl (C=O) groups excluding carboxylic acids is 2. The molecule has 1 aliphatic heterocycles. The highest BCUT2D eigenvalue weighted by molar-refractivity contribution is 7.95. The lowest BCUT2D eigenvalue weighted by Crippen LogP contribution is -2.58. The summed E-state index contributed by atoms with van der Waals surface area (Å²) in [5.41, 5.74) is 2.71. The zero-order valence-electron chi connectivity index (χ0n) is 25.1. The predicted octanol–water partition coefficient (Wildman–Crippen LogP) is 5.98. The van der Waals surface area contributed by atoms with Crippen molar-refractivity contribution in [3.63, 3.8) is 0 Å². The molecule has 6 rings (SSSR count). The minimum atomic E-state index is -2.96. The van der Waals surface area contributed by atoms with Gasteiger partial charge < -0.3 is 24.3 Å². The van der Waals surface area contributed by atoms with Crippen LogP contribution < -0.4 is 16.2 Å². The number of rotatable bonds is 12. The van der Waals surface area contributed by atoms with Gasteiger partial charge in [0.15, 0.2) is 0 Å². The molecule has 45 heavy (non-hydrogen) atoms. The predicted molar refractivity (Wildman–Crippen MR) is 167 cm³/mol. The summed E-state index contributed by atoms with van der Waals surface area (Å²) in [5.74, 6) is -4.60. The molecule has 0 spiro atoms. The van der Waals surface area contributed by atoms with Crippen molar-refractivity contribution >= 4 is 29.5 Å². The first-order chi connectivity index (χ1) is 21.5. The van der Waals surface area contributed by atoms with Crippen molar-refractivity contribution in [1.29, 1.82) is 0 Å². The van der Waals surface area contributed by atoms with Gasteiger partial charge in [-0.1, -0.05) is 12.1 Å². The fourth-order valence-electron chi connectivity index (χ4n) is 5.66. The number of aromatic nitrogens is 1. The van der Waals surface area contributed by atoms with E-state index in [0.717, 1.165) is 47.8 Å². The number of alkyl halides is 2. The average Bonchev–Trinajstić information content (AvgIpc) is 3.90. The topological polar surface area (TPSA) is 92.7 Å². The third-order valence-corrected chi connectivity index (χ3v) is 8.91. The second-order valence-corrected chi connectivity index (χ2v) is 13.5. The molecule has 3 aromatic rings. The minimum Gasteiger partial charge on any atom is -0.326 e. The fraction of sp³-hybridized carbons (Fsp3) is 0.424. The Morgan fingerprint density at radius 1 is 1.07 bits per heavy atom. The Morgan fingerprint density at radius 3 is 2.49 bits per heavy atom. The molecule has 238 valence electrons. The molecule has 2 N–H and O–H groups in total. The van der Waals surface area contributed by atoms with Gasteiger partial charge in [-0.2, -0.15) is 0 Å². The Labute approximate surface area is 263 Å². The van der Waals surface area contributed by atoms with E-state index in [1.807, 2.05) is 25.3 Å². The van der Waals surface area contributed by atoms with E-state index >= 15 is 0 Å². The van der Waals surface area contributed by atoms with Crippen LogP contribution in [0.5, 0.6) is 0 Å². The number of hydrogen-bond acceptors (Lipinski definition) is 6. The summed E-state index contributed by atoms with van der Waals surface area (Å²) in [6.07, 6.45) is 5.47. The van der Waals surface area contributed by atoms with Gasteiger partial charge in [0.05, 0.1) is 25.8 Å². The van der Waals surface area contributed by atoms with Crippen LogP contribution in [0.15, 0.2) is 53.5 Å². The molecule has 2 aromatic carbocycles. The van der Waals surface area contributed by atoms with Crippen molar-refractivity contribution in [3.8, 4) is 11.1 Å². The summed E-state index contributed by atoms with van der Waals surface area (Å²) >= 11 is 1.36. The molecule has 3 fully saturated rings. The normalized spacial score (nSPS) is 17.9. The van der Waals surface area contributed by atoms with Gasteiger partial charge in [0.1, 0.15) is 11.4 Å². The Balaban J connectivity index is 1.29. The van der Waals surface area contributed by atoms with Crippen LogP contribution in [0.25, 0.3) is 11.1 Å². The molecule has 0 radical (unpaired) electrons. The number of carbonyl (C=O) groups is 2. The first-order valence-electron chi connectivity index (χ1n) is 15.1. The number of halogens is 3. The van der Waals surface area contributed by atoms with Gasteiger partial charge in [-0.25, -0.2) is 13.2 Å². The molecule has 3 aliphatic rings. The number of nitrogens with one attached hydrogen (secondary N) is 2. The second-order valence-electron chi connectivity index (χ2n) is 12.2. The lowest BCUT2D eigenvalue weighted by Gasteiger charge is -2.39. The summed E-state index contributed by atoms with van der Waals surface area (Å²) in [6.45, 7) is 1.73.